The molecule has 0 fully saturated rings. The summed E-state index contributed by atoms with van der Waals surface area (Å²) in [5, 5.41) is 7.83. The predicted octanol–water partition coefficient (Wildman–Crippen LogP) is 1.09. The number of amides is 1. The Labute approximate surface area is 140 Å². The van der Waals surface area contributed by atoms with Gasteiger partial charge in [-0.1, -0.05) is 19.1 Å². The summed E-state index contributed by atoms with van der Waals surface area (Å²) in [5.41, 5.74) is 0.752. The van der Waals surface area contributed by atoms with E-state index in [9.17, 15) is 18.0 Å². The first-order valence-corrected chi connectivity index (χ1v) is 8.97. The largest absolute Gasteiger partial charge is 0.326 e. The predicted molar refractivity (Wildman–Crippen MR) is 91.1 cm³/mol. The molecular formula is C16H19N3O4S. The summed E-state index contributed by atoms with van der Waals surface area (Å²) in [7, 11) is -3.86. The van der Waals surface area contributed by atoms with Crippen molar-refractivity contribution in [2.24, 2.45) is 5.14 Å². The standard InChI is InChI=1S/C16H19N3O4S/c1-2-12-6-7-13(11-14(12)24(17,22)23)18-15(20)8-10-19-9-4-3-5-16(19)21/h3-7,9,11H,2,8,10H2,1H3,(H,18,20)(H2,17,22,23). The van der Waals surface area contributed by atoms with E-state index in [0.717, 1.165) is 0 Å². The Morgan fingerprint density at radius 2 is 2.00 bits per heavy atom. The van der Waals surface area contributed by atoms with Gasteiger partial charge in [-0.2, -0.15) is 0 Å². The maximum atomic E-state index is 12.0. The first-order valence-electron chi connectivity index (χ1n) is 7.42. The maximum Gasteiger partial charge on any atom is 0.250 e. The third-order valence-electron chi connectivity index (χ3n) is 3.52. The lowest BCUT2D eigenvalue weighted by atomic mass is 10.1. The fourth-order valence-corrected chi connectivity index (χ4v) is 3.15. The normalized spacial score (nSPS) is 11.2. The van der Waals surface area contributed by atoms with Crippen molar-refractivity contribution in [2.75, 3.05) is 5.32 Å². The van der Waals surface area contributed by atoms with E-state index in [4.69, 9.17) is 5.14 Å². The Hall–Kier alpha value is -2.45. The second kappa shape index (κ2) is 7.41. The summed E-state index contributed by atoms with van der Waals surface area (Å²) in [5.74, 6) is -0.324. The van der Waals surface area contributed by atoms with Gasteiger partial charge in [0.25, 0.3) is 5.56 Å². The van der Waals surface area contributed by atoms with Crippen LogP contribution < -0.4 is 16.0 Å². The molecular weight excluding hydrogens is 330 g/mol. The zero-order valence-electron chi connectivity index (χ0n) is 13.2. The van der Waals surface area contributed by atoms with Crippen LogP contribution in [0.3, 0.4) is 0 Å². The molecule has 0 saturated carbocycles. The van der Waals surface area contributed by atoms with Crippen LogP contribution in [0.4, 0.5) is 5.69 Å². The smallest absolute Gasteiger partial charge is 0.250 e. The highest BCUT2D eigenvalue weighted by Crippen LogP contribution is 2.20. The molecule has 1 aromatic heterocycles. The number of aromatic nitrogens is 1. The Balaban J connectivity index is 2.09. The number of pyridine rings is 1. The molecule has 0 atom stereocenters. The molecule has 0 radical (unpaired) electrons. The molecule has 2 rings (SSSR count). The minimum Gasteiger partial charge on any atom is -0.326 e. The van der Waals surface area contributed by atoms with Crippen molar-refractivity contribution >= 4 is 21.6 Å². The van der Waals surface area contributed by atoms with E-state index in [-0.39, 0.29) is 29.3 Å². The van der Waals surface area contributed by atoms with Gasteiger partial charge in [-0.15, -0.1) is 0 Å². The Bertz CT molecular complexity index is 904. The lowest BCUT2D eigenvalue weighted by molar-refractivity contribution is -0.116. The van der Waals surface area contributed by atoms with E-state index < -0.39 is 10.0 Å². The number of rotatable bonds is 6. The number of nitrogens with zero attached hydrogens (tertiary/aromatic N) is 1. The van der Waals surface area contributed by atoms with Crippen molar-refractivity contribution < 1.29 is 13.2 Å². The average Bonchev–Trinajstić information content (AvgIpc) is 2.53. The molecule has 2 aromatic rings. The number of carbonyl (C=O) groups excluding carboxylic acids is 1. The van der Waals surface area contributed by atoms with Crippen LogP contribution in [0.5, 0.6) is 0 Å². The summed E-state index contributed by atoms with van der Waals surface area (Å²) in [4.78, 5) is 23.6. The Morgan fingerprint density at radius 1 is 1.25 bits per heavy atom. The van der Waals surface area contributed by atoms with Gasteiger partial charge in [-0.3, -0.25) is 9.59 Å². The molecule has 0 saturated heterocycles. The lowest BCUT2D eigenvalue weighted by Crippen LogP contribution is -2.22. The van der Waals surface area contributed by atoms with Crippen LogP contribution in [0, 0.1) is 0 Å². The van der Waals surface area contributed by atoms with Gasteiger partial charge in [-0.25, -0.2) is 13.6 Å². The van der Waals surface area contributed by atoms with E-state index in [1.807, 2.05) is 6.92 Å². The summed E-state index contributed by atoms with van der Waals surface area (Å²) in [6, 6.07) is 9.35. The van der Waals surface area contributed by atoms with Gasteiger partial charge in [0.2, 0.25) is 15.9 Å². The van der Waals surface area contributed by atoms with E-state index in [1.54, 1.807) is 30.5 Å². The number of benzene rings is 1. The van der Waals surface area contributed by atoms with Crippen LogP contribution in [0.15, 0.2) is 52.3 Å². The molecule has 0 aliphatic rings. The van der Waals surface area contributed by atoms with Crippen molar-refractivity contribution in [3.8, 4) is 0 Å². The SMILES string of the molecule is CCc1ccc(NC(=O)CCn2ccccc2=O)cc1S(N)(=O)=O. The number of sulfonamides is 1. The van der Waals surface area contributed by atoms with Gasteiger partial charge in [0.1, 0.15) is 0 Å². The van der Waals surface area contributed by atoms with E-state index >= 15 is 0 Å². The number of carbonyl (C=O) groups is 1. The molecule has 0 unspecified atom stereocenters. The van der Waals surface area contributed by atoms with E-state index in [0.29, 0.717) is 17.7 Å². The van der Waals surface area contributed by atoms with Crippen LogP contribution in [0.25, 0.3) is 0 Å². The monoisotopic (exact) mass is 349 g/mol. The van der Waals surface area contributed by atoms with Crippen LogP contribution in [0.2, 0.25) is 0 Å². The van der Waals surface area contributed by atoms with Crippen LogP contribution >= 0.6 is 0 Å². The van der Waals surface area contributed by atoms with Gasteiger partial charge in [0.15, 0.2) is 0 Å². The van der Waals surface area contributed by atoms with Crippen LogP contribution in [0.1, 0.15) is 18.9 Å². The summed E-state index contributed by atoms with van der Waals surface area (Å²) < 4.78 is 24.7. The van der Waals surface area contributed by atoms with E-state index in [2.05, 4.69) is 5.32 Å². The van der Waals surface area contributed by atoms with Gasteiger partial charge >= 0.3 is 0 Å². The molecule has 0 aliphatic heterocycles. The van der Waals surface area contributed by atoms with Crippen molar-refractivity contribution in [2.45, 2.75) is 31.2 Å². The maximum absolute atomic E-state index is 12.0. The van der Waals surface area contributed by atoms with Crippen molar-refractivity contribution in [3.05, 3.63) is 58.5 Å². The molecule has 7 nitrogen and oxygen atoms in total. The van der Waals surface area contributed by atoms with Crippen LogP contribution in [-0.4, -0.2) is 18.9 Å². The highest BCUT2D eigenvalue weighted by Gasteiger charge is 2.14. The first kappa shape index (κ1) is 17.9. The Kier molecular flexibility index (Phi) is 5.53. The number of nitrogens with two attached hydrogens (primary N) is 1. The quantitative estimate of drug-likeness (QED) is 0.813. The lowest BCUT2D eigenvalue weighted by Gasteiger charge is -2.10. The van der Waals surface area contributed by atoms with Crippen molar-refractivity contribution in [3.63, 3.8) is 0 Å². The van der Waals surface area contributed by atoms with Crippen molar-refractivity contribution in [1.29, 1.82) is 0 Å². The van der Waals surface area contributed by atoms with Crippen LogP contribution in [-0.2, 0) is 27.8 Å². The number of nitrogens with one attached hydrogen (secondary N) is 1. The molecule has 1 heterocycles. The topological polar surface area (TPSA) is 111 Å². The molecule has 24 heavy (non-hydrogen) atoms. The number of primary sulfonamides is 1. The van der Waals surface area contributed by atoms with Crippen molar-refractivity contribution in [1.82, 2.24) is 4.57 Å². The van der Waals surface area contributed by atoms with Gasteiger partial charge in [0, 0.05) is 30.9 Å². The highest BCUT2D eigenvalue weighted by molar-refractivity contribution is 7.89. The zero-order chi connectivity index (χ0) is 17.7. The number of anilines is 1. The third-order valence-corrected chi connectivity index (χ3v) is 4.51. The second-order valence-corrected chi connectivity index (χ2v) is 6.78. The molecule has 8 heteroatoms. The molecule has 0 bridgehead atoms. The minimum atomic E-state index is -3.86. The second-order valence-electron chi connectivity index (χ2n) is 5.25. The fourth-order valence-electron chi connectivity index (χ4n) is 2.28. The summed E-state index contributed by atoms with van der Waals surface area (Å²) in [6.07, 6.45) is 2.20. The molecule has 3 N–H and O–H groups in total. The Morgan fingerprint density at radius 3 is 2.62 bits per heavy atom. The first-order chi connectivity index (χ1) is 11.3. The minimum absolute atomic E-state index is 0.00192. The fraction of sp³-hybridized carbons (Fsp3) is 0.250. The molecule has 1 amide bonds. The number of hydrogen-bond acceptors (Lipinski definition) is 4. The molecule has 0 aliphatic carbocycles. The molecule has 128 valence electrons. The molecule has 0 spiro atoms. The zero-order valence-corrected chi connectivity index (χ0v) is 14.0. The number of aryl methyl sites for hydroxylation is 2. The van der Waals surface area contributed by atoms with Gasteiger partial charge < -0.3 is 9.88 Å². The van der Waals surface area contributed by atoms with E-state index in [1.165, 1.54) is 16.7 Å². The summed E-state index contributed by atoms with van der Waals surface area (Å²) in [6.45, 7) is 2.06. The third kappa shape index (κ3) is 4.53. The molecule has 1 aromatic carbocycles. The van der Waals surface area contributed by atoms with Gasteiger partial charge in [-0.05, 0) is 30.2 Å². The summed E-state index contributed by atoms with van der Waals surface area (Å²) >= 11 is 0. The average molecular weight is 349 g/mol. The highest BCUT2D eigenvalue weighted by atomic mass is 32.2. The number of hydrogen-bond donors (Lipinski definition) is 2. The van der Waals surface area contributed by atoms with Gasteiger partial charge in [0.05, 0.1) is 4.90 Å².